The molecule has 1 aromatic carbocycles. The predicted octanol–water partition coefficient (Wildman–Crippen LogP) is 2.59. The van der Waals surface area contributed by atoms with E-state index in [1.54, 1.807) is 0 Å². The Morgan fingerprint density at radius 1 is 1.22 bits per heavy atom. The van der Waals surface area contributed by atoms with Crippen LogP contribution in [0.2, 0.25) is 0 Å². The number of hydrogen-bond donors (Lipinski definition) is 1. The molecule has 4 rings (SSSR count). The Morgan fingerprint density at radius 3 is 2.89 bits per heavy atom. The molecule has 27 heavy (non-hydrogen) atoms. The van der Waals surface area contributed by atoms with Crippen molar-refractivity contribution in [3.05, 3.63) is 41.6 Å². The number of hydrogen-bond acceptors (Lipinski definition) is 4. The summed E-state index contributed by atoms with van der Waals surface area (Å²) >= 11 is 0. The van der Waals surface area contributed by atoms with Gasteiger partial charge in [-0.2, -0.15) is 5.10 Å². The molecule has 2 aliphatic rings. The van der Waals surface area contributed by atoms with Crippen LogP contribution in [-0.2, 0) is 27.1 Å². The number of aromatic amines is 1. The lowest BCUT2D eigenvalue weighted by Gasteiger charge is -2.24. The molecule has 1 amide bonds. The fourth-order valence-electron chi connectivity index (χ4n) is 3.87. The van der Waals surface area contributed by atoms with Gasteiger partial charge in [0.05, 0.1) is 18.4 Å². The van der Waals surface area contributed by atoms with Gasteiger partial charge in [-0.25, -0.2) is 0 Å². The van der Waals surface area contributed by atoms with Crippen molar-refractivity contribution in [2.45, 2.75) is 38.2 Å². The van der Waals surface area contributed by atoms with E-state index in [9.17, 15) is 4.79 Å². The van der Waals surface area contributed by atoms with E-state index in [2.05, 4.69) is 22.3 Å². The standard InChI is InChI=1S/C21H27N3O3/c25-20(15-26-14-17-8-4-5-13-27-17)24-11-9-18-19(10-12-24)22-23-21(18)16-6-2-1-3-7-16/h1-3,6-7,17H,4-5,8-15H2,(H,22,23). The Hall–Kier alpha value is -2.18. The SMILES string of the molecule is O=C(COCC1CCCCO1)N1CCc2[nH]nc(-c3ccccc3)c2CC1. The maximum Gasteiger partial charge on any atom is 0.248 e. The van der Waals surface area contributed by atoms with Crippen molar-refractivity contribution in [1.29, 1.82) is 0 Å². The van der Waals surface area contributed by atoms with Crippen molar-refractivity contribution in [2.24, 2.45) is 0 Å². The first kappa shape index (κ1) is 18.2. The Labute approximate surface area is 159 Å². The maximum atomic E-state index is 12.6. The number of H-pyrrole nitrogens is 1. The van der Waals surface area contributed by atoms with Gasteiger partial charge in [0, 0.05) is 42.9 Å². The first-order valence-electron chi connectivity index (χ1n) is 9.90. The summed E-state index contributed by atoms with van der Waals surface area (Å²) in [5, 5.41) is 7.69. The van der Waals surface area contributed by atoms with Crippen LogP contribution >= 0.6 is 0 Å². The highest BCUT2D eigenvalue weighted by atomic mass is 16.5. The van der Waals surface area contributed by atoms with Gasteiger partial charge in [0.1, 0.15) is 6.61 Å². The molecule has 0 bridgehead atoms. The van der Waals surface area contributed by atoms with E-state index in [0.29, 0.717) is 19.7 Å². The third-order valence-electron chi connectivity index (χ3n) is 5.42. The minimum Gasteiger partial charge on any atom is -0.376 e. The lowest BCUT2D eigenvalue weighted by molar-refractivity contribution is -0.138. The molecule has 0 spiro atoms. The summed E-state index contributed by atoms with van der Waals surface area (Å²) in [6, 6.07) is 10.2. The Morgan fingerprint density at radius 2 is 2.07 bits per heavy atom. The number of carbonyl (C=O) groups excluding carboxylic acids is 1. The zero-order valence-electron chi connectivity index (χ0n) is 15.7. The van der Waals surface area contributed by atoms with Gasteiger partial charge in [-0.3, -0.25) is 9.89 Å². The number of fused-ring (bicyclic) bond motifs is 1. The van der Waals surface area contributed by atoms with Gasteiger partial charge in [-0.1, -0.05) is 30.3 Å². The van der Waals surface area contributed by atoms with Crippen molar-refractivity contribution in [3.8, 4) is 11.3 Å². The predicted molar refractivity (Wildman–Crippen MR) is 102 cm³/mol. The molecular formula is C21H27N3O3. The van der Waals surface area contributed by atoms with Gasteiger partial charge in [0.2, 0.25) is 5.91 Å². The number of nitrogens with one attached hydrogen (secondary N) is 1. The molecule has 2 aliphatic heterocycles. The molecule has 0 radical (unpaired) electrons. The van der Waals surface area contributed by atoms with E-state index in [1.807, 2.05) is 23.1 Å². The van der Waals surface area contributed by atoms with E-state index in [-0.39, 0.29) is 18.6 Å². The van der Waals surface area contributed by atoms with Crippen molar-refractivity contribution >= 4 is 5.91 Å². The average molecular weight is 369 g/mol. The van der Waals surface area contributed by atoms with E-state index in [4.69, 9.17) is 9.47 Å². The Bertz CT molecular complexity index is 753. The molecule has 1 fully saturated rings. The second-order valence-electron chi connectivity index (χ2n) is 7.28. The lowest BCUT2D eigenvalue weighted by atomic mass is 10.0. The molecule has 1 N–H and O–H groups in total. The molecule has 6 heteroatoms. The van der Waals surface area contributed by atoms with E-state index >= 15 is 0 Å². The summed E-state index contributed by atoms with van der Waals surface area (Å²) in [5.74, 6) is 0.0604. The number of amides is 1. The second-order valence-corrected chi connectivity index (χ2v) is 7.28. The Balaban J connectivity index is 1.32. The lowest BCUT2D eigenvalue weighted by Crippen LogP contribution is -2.37. The minimum absolute atomic E-state index is 0.0604. The van der Waals surface area contributed by atoms with Crippen LogP contribution in [0.25, 0.3) is 11.3 Å². The molecule has 1 aromatic heterocycles. The summed E-state index contributed by atoms with van der Waals surface area (Å²) in [4.78, 5) is 14.5. The van der Waals surface area contributed by atoms with Crippen molar-refractivity contribution in [3.63, 3.8) is 0 Å². The van der Waals surface area contributed by atoms with Crippen molar-refractivity contribution < 1.29 is 14.3 Å². The number of benzene rings is 1. The molecule has 6 nitrogen and oxygen atoms in total. The molecule has 0 aliphatic carbocycles. The summed E-state index contributed by atoms with van der Waals surface area (Å²) in [6.45, 7) is 2.86. The second kappa shape index (κ2) is 8.67. The number of ether oxygens (including phenoxy) is 2. The normalized spacial score (nSPS) is 20.1. The smallest absolute Gasteiger partial charge is 0.248 e. The topological polar surface area (TPSA) is 67.5 Å². The van der Waals surface area contributed by atoms with Gasteiger partial charge >= 0.3 is 0 Å². The highest BCUT2D eigenvalue weighted by molar-refractivity contribution is 5.77. The largest absolute Gasteiger partial charge is 0.376 e. The average Bonchev–Trinajstić information content (AvgIpc) is 3.00. The fraction of sp³-hybridized carbons (Fsp3) is 0.524. The third kappa shape index (κ3) is 4.39. The van der Waals surface area contributed by atoms with Crippen LogP contribution in [-0.4, -0.2) is 60.0 Å². The van der Waals surface area contributed by atoms with Crippen LogP contribution in [0.4, 0.5) is 0 Å². The van der Waals surface area contributed by atoms with E-state index < -0.39 is 0 Å². The molecule has 0 saturated carbocycles. The first-order chi connectivity index (χ1) is 13.3. The van der Waals surface area contributed by atoms with E-state index in [0.717, 1.165) is 49.2 Å². The number of rotatable bonds is 5. The van der Waals surface area contributed by atoms with Crippen molar-refractivity contribution in [2.75, 3.05) is 32.9 Å². The van der Waals surface area contributed by atoms with Crippen LogP contribution in [0, 0.1) is 0 Å². The first-order valence-corrected chi connectivity index (χ1v) is 9.90. The zero-order valence-corrected chi connectivity index (χ0v) is 15.7. The highest BCUT2D eigenvalue weighted by Gasteiger charge is 2.23. The fourth-order valence-corrected chi connectivity index (χ4v) is 3.87. The maximum absolute atomic E-state index is 12.6. The number of nitrogens with zero attached hydrogens (tertiary/aromatic N) is 2. The van der Waals surface area contributed by atoms with Gasteiger partial charge in [-0.15, -0.1) is 0 Å². The summed E-state index contributed by atoms with van der Waals surface area (Å²) in [7, 11) is 0. The van der Waals surface area contributed by atoms with E-state index in [1.165, 1.54) is 12.0 Å². The van der Waals surface area contributed by atoms with Gasteiger partial charge in [-0.05, 0) is 25.7 Å². The Kier molecular flexibility index (Phi) is 5.84. The van der Waals surface area contributed by atoms with Gasteiger partial charge in [0.15, 0.2) is 0 Å². The molecule has 3 heterocycles. The van der Waals surface area contributed by atoms with Crippen LogP contribution in [0.1, 0.15) is 30.5 Å². The van der Waals surface area contributed by atoms with Crippen LogP contribution < -0.4 is 0 Å². The van der Waals surface area contributed by atoms with Crippen molar-refractivity contribution in [1.82, 2.24) is 15.1 Å². The highest BCUT2D eigenvalue weighted by Crippen LogP contribution is 2.26. The molecule has 144 valence electrons. The molecule has 2 aromatic rings. The molecule has 1 unspecified atom stereocenters. The summed E-state index contributed by atoms with van der Waals surface area (Å²) < 4.78 is 11.3. The zero-order chi connectivity index (χ0) is 18.5. The van der Waals surface area contributed by atoms with Crippen LogP contribution in [0.5, 0.6) is 0 Å². The number of aromatic nitrogens is 2. The molecule has 1 atom stereocenters. The minimum atomic E-state index is 0.0604. The molecule has 1 saturated heterocycles. The number of carbonyl (C=O) groups is 1. The molecular weight excluding hydrogens is 342 g/mol. The summed E-state index contributed by atoms with van der Waals surface area (Å²) in [6.07, 6.45) is 5.10. The quantitative estimate of drug-likeness (QED) is 0.880. The van der Waals surface area contributed by atoms with Gasteiger partial charge in [0.25, 0.3) is 0 Å². The van der Waals surface area contributed by atoms with Gasteiger partial charge < -0.3 is 14.4 Å². The monoisotopic (exact) mass is 369 g/mol. The third-order valence-corrected chi connectivity index (χ3v) is 5.42. The summed E-state index contributed by atoms with van der Waals surface area (Å²) in [5.41, 5.74) is 4.49. The van der Waals surface area contributed by atoms with Crippen LogP contribution in [0.3, 0.4) is 0 Å². The van der Waals surface area contributed by atoms with Crippen LogP contribution in [0.15, 0.2) is 30.3 Å².